The zero-order valence-corrected chi connectivity index (χ0v) is 45.3. The van der Waals surface area contributed by atoms with Crippen LogP contribution in [0, 0.1) is 0 Å². The number of ether oxygens (including phenoxy) is 2. The van der Waals surface area contributed by atoms with E-state index in [4.69, 9.17) is 9.47 Å². The summed E-state index contributed by atoms with van der Waals surface area (Å²) in [5, 5.41) is 54.2. The molecular weight excluding hydrogens is 911 g/mol. The first-order chi connectivity index (χ1) is 35.8. The van der Waals surface area contributed by atoms with Crippen LogP contribution in [0.2, 0.25) is 0 Å². The van der Waals surface area contributed by atoms with Crippen molar-refractivity contribution in [3.8, 4) is 0 Å². The number of hydrogen-bond acceptors (Lipinski definition) is 8. The van der Waals surface area contributed by atoms with Gasteiger partial charge in [-0.3, -0.25) is 4.79 Å². The van der Waals surface area contributed by atoms with Crippen molar-refractivity contribution >= 4 is 5.91 Å². The number of nitrogens with one attached hydrogen (secondary N) is 1. The SMILES string of the molecule is CC/C=C\C/C=C\C/C=C\C/C=C\C/C=C\C/C=C\C/C=C\C/C=C\C/C=C\C/C=C\C/C=C\CCCCCCCC(=O)NC(COC1OC(CO)C(O)C(O)C1O)C(O)/C=C/CC/C=C/CCCCCCC. The number of hydrogen-bond donors (Lipinski definition) is 6. The van der Waals surface area contributed by atoms with E-state index in [1.54, 1.807) is 6.08 Å². The predicted molar refractivity (Wildman–Crippen MR) is 308 cm³/mol. The lowest BCUT2D eigenvalue weighted by Crippen LogP contribution is -2.60. The van der Waals surface area contributed by atoms with Gasteiger partial charge in [0.2, 0.25) is 5.91 Å². The molecule has 0 aromatic rings. The fourth-order valence-electron chi connectivity index (χ4n) is 7.64. The van der Waals surface area contributed by atoms with Crippen LogP contribution in [0.15, 0.2) is 158 Å². The molecule has 1 fully saturated rings. The highest BCUT2D eigenvalue weighted by atomic mass is 16.7. The lowest BCUT2D eigenvalue weighted by atomic mass is 9.99. The van der Waals surface area contributed by atoms with Crippen LogP contribution >= 0.6 is 0 Å². The molecule has 9 nitrogen and oxygen atoms in total. The fraction of sp³-hybridized carbons (Fsp3) is 0.578. The smallest absolute Gasteiger partial charge is 0.220 e. The molecule has 410 valence electrons. The molecule has 0 radical (unpaired) electrons. The molecule has 0 aromatic heterocycles. The van der Waals surface area contributed by atoms with Gasteiger partial charge in [-0.15, -0.1) is 0 Å². The maximum atomic E-state index is 13.0. The Hall–Kier alpha value is -4.19. The third-order valence-electron chi connectivity index (χ3n) is 12.1. The molecule has 1 aliphatic rings. The summed E-state index contributed by atoms with van der Waals surface area (Å²) in [4.78, 5) is 13.0. The van der Waals surface area contributed by atoms with Gasteiger partial charge in [-0.05, 0) is 116 Å². The Balaban J connectivity index is 2.20. The molecule has 1 amide bonds. The molecule has 7 unspecified atom stereocenters. The molecule has 0 aromatic carbocycles. The van der Waals surface area contributed by atoms with Gasteiger partial charge in [0.25, 0.3) is 0 Å². The van der Waals surface area contributed by atoms with Crippen molar-refractivity contribution in [3.05, 3.63) is 158 Å². The van der Waals surface area contributed by atoms with Gasteiger partial charge in [-0.25, -0.2) is 0 Å². The standard InChI is InChI=1S/C64H101NO8/c1-3-5-7-9-11-13-15-16-17-18-19-20-21-22-23-24-25-26-27-28-29-30-31-32-33-34-35-36-37-38-39-40-41-42-44-46-48-50-52-54-60(68)65-57(56-72-64-63(71)62(70)61(69)59(55-66)73-64)58(67)53-51-49-47-45-43-14-12-10-8-6-4-2/h5,7,11,13,16-17,19-20,22-23,25-26,28-29,31-32,34-35,37-38,40-41,43,45,51,53,57-59,61-64,66-67,69-71H,3-4,6,8-10,12,14-15,18,21,24,27,30,33,36,39,42,44,46-50,52,54-56H2,1-2H3,(H,65,68)/b7-5-,13-11-,17-16-,20-19-,23-22-,26-25-,29-28-,32-31-,35-34-,38-37-,41-40-,45-43+,53-51+. The van der Waals surface area contributed by atoms with Crippen LogP contribution < -0.4 is 5.32 Å². The number of aliphatic hydroxyl groups is 5. The van der Waals surface area contributed by atoms with E-state index < -0.39 is 49.5 Å². The van der Waals surface area contributed by atoms with E-state index >= 15 is 0 Å². The van der Waals surface area contributed by atoms with E-state index in [2.05, 4.69) is 165 Å². The van der Waals surface area contributed by atoms with Crippen LogP contribution in [0.25, 0.3) is 0 Å². The van der Waals surface area contributed by atoms with Gasteiger partial charge in [0.15, 0.2) is 6.29 Å². The molecule has 7 atom stereocenters. The summed E-state index contributed by atoms with van der Waals surface area (Å²) in [5.41, 5.74) is 0. The number of carbonyl (C=O) groups is 1. The van der Waals surface area contributed by atoms with Crippen LogP contribution in [0.1, 0.15) is 181 Å². The number of rotatable bonds is 45. The quantitative estimate of drug-likeness (QED) is 0.0261. The highest BCUT2D eigenvalue weighted by Gasteiger charge is 2.44. The number of allylic oxidation sites excluding steroid dienone is 25. The van der Waals surface area contributed by atoms with Gasteiger partial charge >= 0.3 is 0 Å². The summed E-state index contributed by atoms with van der Waals surface area (Å²) < 4.78 is 11.2. The lowest BCUT2D eigenvalue weighted by Gasteiger charge is -2.40. The van der Waals surface area contributed by atoms with Gasteiger partial charge in [0, 0.05) is 6.42 Å². The number of aliphatic hydroxyl groups excluding tert-OH is 5. The summed E-state index contributed by atoms with van der Waals surface area (Å²) in [7, 11) is 0. The Morgan fingerprint density at radius 1 is 0.479 bits per heavy atom. The molecule has 1 rings (SSSR count). The van der Waals surface area contributed by atoms with Crippen molar-refractivity contribution in [2.24, 2.45) is 0 Å². The Morgan fingerprint density at radius 2 is 0.863 bits per heavy atom. The molecule has 0 spiro atoms. The number of unbranched alkanes of at least 4 members (excludes halogenated alkanes) is 11. The van der Waals surface area contributed by atoms with Crippen molar-refractivity contribution in [2.75, 3.05) is 13.2 Å². The van der Waals surface area contributed by atoms with E-state index in [0.29, 0.717) is 6.42 Å². The van der Waals surface area contributed by atoms with Crippen LogP contribution in [-0.4, -0.2) is 87.5 Å². The Bertz CT molecular complexity index is 1690. The Morgan fingerprint density at radius 3 is 1.32 bits per heavy atom. The summed E-state index contributed by atoms with van der Waals surface area (Å²) in [6, 6.07) is -0.843. The van der Waals surface area contributed by atoms with Crippen LogP contribution in [-0.2, 0) is 14.3 Å². The van der Waals surface area contributed by atoms with E-state index in [-0.39, 0.29) is 12.5 Å². The van der Waals surface area contributed by atoms with Crippen molar-refractivity contribution in [3.63, 3.8) is 0 Å². The van der Waals surface area contributed by atoms with Crippen LogP contribution in [0.5, 0.6) is 0 Å². The average molecular weight is 1010 g/mol. The first-order valence-corrected chi connectivity index (χ1v) is 28.2. The molecular formula is C64H101NO8. The molecule has 0 saturated carbocycles. The predicted octanol–water partition coefficient (Wildman–Crippen LogP) is 14.1. The summed E-state index contributed by atoms with van der Waals surface area (Å²) in [6.45, 7) is 3.58. The van der Waals surface area contributed by atoms with Gasteiger partial charge in [-0.2, -0.15) is 0 Å². The second-order valence-corrected chi connectivity index (χ2v) is 18.6. The molecule has 0 aliphatic carbocycles. The normalized spacial score (nSPS) is 20.3. The highest BCUT2D eigenvalue weighted by molar-refractivity contribution is 5.76. The Kier molecular flexibility index (Phi) is 47.0. The maximum Gasteiger partial charge on any atom is 0.220 e. The highest BCUT2D eigenvalue weighted by Crippen LogP contribution is 2.22. The van der Waals surface area contributed by atoms with Crippen molar-refractivity contribution < 1.29 is 39.8 Å². The topological polar surface area (TPSA) is 149 Å². The minimum atomic E-state index is -1.58. The van der Waals surface area contributed by atoms with Gasteiger partial charge < -0.3 is 40.3 Å². The third kappa shape index (κ3) is 40.8. The molecule has 1 saturated heterocycles. The molecule has 1 aliphatic heterocycles. The average Bonchev–Trinajstić information content (AvgIpc) is 3.39. The van der Waals surface area contributed by atoms with Gasteiger partial charge in [0.1, 0.15) is 24.4 Å². The zero-order valence-electron chi connectivity index (χ0n) is 45.3. The second kappa shape index (κ2) is 51.3. The monoisotopic (exact) mass is 1010 g/mol. The third-order valence-corrected chi connectivity index (χ3v) is 12.1. The van der Waals surface area contributed by atoms with Crippen molar-refractivity contribution in [1.29, 1.82) is 0 Å². The fourth-order valence-corrected chi connectivity index (χ4v) is 7.64. The minimum absolute atomic E-state index is 0.215. The Labute approximate surface area is 444 Å². The largest absolute Gasteiger partial charge is 0.394 e. The van der Waals surface area contributed by atoms with Crippen molar-refractivity contribution in [1.82, 2.24) is 5.32 Å². The number of carbonyl (C=O) groups excluding carboxylic acids is 1. The van der Waals surface area contributed by atoms with E-state index in [1.165, 1.54) is 32.1 Å². The molecule has 6 N–H and O–H groups in total. The van der Waals surface area contributed by atoms with E-state index in [1.807, 2.05) is 6.08 Å². The van der Waals surface area contributed by atoms with Gasteiger partial charge in [-0.1, -0.05) is 217 Å². The van der Waals surface area contributed by atoms with Crippen LogP contribution in [0.3, 0.4) is 0 Å². The zero-order chi connectivity index (χ0) is 52.9. The molecule has 1 heterocycles. The van der Waals surface area contributed by atoms with Crippen LogP contribution in [0.4, 0.5) is 0 Å². The summed E-state index contributed by atoms with van der Waals surface area (Å²) in [6.07, 6.45) is 74.6. The minimum Gasteiger partial charge on any atom is -0.394 e. The first-order valence-electron chi connectivity index (χ1n) is 28.2. The number of amides is 1. The summed E-state index contributed by atoms with van der Waals surface area (Å²) in [5.74, 6) is -0.215. The molecule has 9 heteroatoms. The van der Waals surface area contributed by atoms with E-state index in [0.717, 1.165) is 128 Å². The maximum absolute atomic E-state index is 13.0. The first kappa shape index (κ1) is 66.8. The lowest BCUT2D eigenvalue weighted by molar-refractivity contribution is -0.302. The molecule has 73 heavy (non-hydrogen) atoms. The van der Waals surface area contributed by atoms with Crippen molar-refractivity contribution in [2.45, 2.75) is 224 Å². The van der Waals surface area contributed by atoms with Gasteiger partial charge in [0.05, 0.1) is 25.4 Å². The second-order valence-electron chi connectivity index (χ2n) is 18.6. The van der Waals surface area contributed by atoms with E-state index in [9.17, 15) is 30.3 Å². The molecule has 0 bridgehead atoms. The summed E-state index contributed by atoms with van der Waals surface area (Å²) >= 11 is 0.